The molecule has 5 N–H and O–H groups in total. The average Bonchev–Trinajstić information content (AvgIpc) is 3.57. The number of aromatic nitrogens is 1. The number of hydroxylamine groups is 1. The normalized spacial score (nSPS) is 16.0. The summed E-state index contributed by atoms with van der Waals surface area (Å²) in [5.41, 5.74) is 8.08. The van der Waals surface area contributed by atoms with E-state index < -0.39 is 22.2 Å². The molecule has 0 bridgehead atoms. The number of carbonyl (C=O) groups excluding carboxylic acids is 1. The summed E-state index contributed by atoms with van der Waals surface area (Å²) in [6.45, 7) is 2.67. The summed E-state index contributed by atoms with van der Waals surface area (Å²) in [5, 5.41) is 19.5. The van der Waals surface area contributed by atoms with Crippen molar-refractivity contribution in [1.82, 2.24) is 20.1 Å². The van der Waals surface area contributed by atoms with Crippen LogP contribution in [0, 0.1) is 0 Å². The van der Waals surface area contributed by atoms with E-state index in [1.165, 1.54) is 41.1 Å². The highest BCUT2D eigenvalue weighted by Gasteiger charge is 2.28. The molecule has 4 aromatic rings. The molecule has 1 aliphatic carbocycles. The number of rotatable bonds is 11. The molecule has 1 amide bonds. The molecule has 0 radical (unpaired) electrons. The van der Waals surface area contributed by atoms with Crippen molar-refractivity contribution < 1.29 is 23.5 Å². The molecule has 0 saturated carbocycles. The smallest absolute Gasteiger partial charge is 0.267 e. The molecule has 3 aromatic carbocycles. The molecule has 0 spiro atoms. The van der Waals surface area contributed by atoms with Gasteiger partial charge in [-0.05, 0) is 78.3 Å². The van der Waals surface area contributed by atoms with Gasteiger partial charge in [-0.15, -0.1) is 0 Å². The first-order valence-electron chi connectivity index (χ1n) is 13.6. The van der Waals surface area contributed by atoms with Crippen LogP contribution in [0.15, 0.2) is 83.9 Å². The summed E-state index contributed by atoms with van der Waals surface area (Å²) in [6, 6.07) is 21.3. The zero-order valence-corrected chi connectivity index (χ0v) is 23.6. The van der Waals surface area contributed by atoms with E-state index in [0.29, 0.717) is 6.54 Å². The van der Waals surface area contributed by atoms with Gasteiger partial charge in [0.25, 0.3) is 5.91 Å². The van der Waals surface area contributed by atoms with Crippen molar-refractivity contribution in [2.75, 3.05) is 6.54 Å². The van der Waals surface area contributed by atoms with E-state index in [0.717, 1.165) is 42.5 Å². The van der Waals surface area contributed by atoms with Gasteiger partial charge in [-0.25, -0.2) is 13.9 Å². The zero-order chi connectivity index (χ0) is 29.0. The van der Waals surface area contributed by atoms with Crippen LogP contribution in [0.5, 0.6) is 0 Å². The Balaban J connectivity index is 1.43. The van der Waals surface area contributed by atoms with Crippen molar-refractivity contribution in [2.45, 2.75) is 49.9 Å². The first kappa shape index (κ1) is 28.7. The number of aliphatic hydroxyl groups excluding tert-OH is 1. The predicted octanol–water partition coefficient (Wildman–Crippen LogP) is 4.04. The summed E-state index contributed by atoms with van der Waals surface area (Å²) < 4.78 is 27.7. The van der Waals surface area contributed by atoms with Crippen LogP contribution in [-0.2, 0) is 34.2 Å². The maximum Gasteiger partial charge on any atom is 0.267 e. The van der Waals surface area contributed by atoms with Gasteiger partial charge < -0.3 is 10.1 Å². The molecule has 9 nitrogen and oxygen atoms in total. The Labute approximate surface area is 239 Å². The third-order valence-corrected chi connectivity index (χ3v) is 8.98. The van der Waals surface area contributed by atoms with Crippen LogP contribution in [0.1, 0.15) is 47.2 Å². The van der Waals surface area contributed by atoms with Gasteiger partial charge in [-0.3, -0.25) is 14.9 Å². The Morgan fingerprint density at radius 1 is 1.15 bits per heavy atom. The number of amides is 1. The SMILES string of the molecule is CC(O)NS(=O)(=O)c1cccc(CN(CCc2c[nH]c3ccccc23)C2CCc3cc(/C=C/C(=O)NO)ccc32)c1. The van der Waals surface area contributed by atoms with Crippen LogP contribution >= 0.6 is 0 Å². The number of aliphatic hydroxyl groups is 1. The van der Waals surface area contributed by atoms with Gasteiger partial charge in [0.1, 0.15) is 6.23 Å². The van der Waals surface area contributed by atoms with Crippen molar-refractivity contribution in [2.24, 2.45) is 0 Å². The fourth-order valence-corrected chi connectivity index (χ4v) is 6.74. The lowest BCUT2D eigenvalue weighted by Gasteiger charge is -2.30. The first-order valence-corrected chi connectivity index (χ1v) is 15.0. The molecule has 10 heteroatoms. The van der Waals surface area contributed by atoms with Gasteiger partial charge in [0.2, 0.25) is 10.0 Å². The van der Waals surface area contributed by atoms with Crippen molar-refractivity contribution in [3.05, 3.63) is 107 Å². The number of fused-ring (bicyclic) bond motifs is 2. The highest BCUT2D eigenvalue weighted by atomic mass is 32.2. The number of benzene rings is 3. The van der Waals surface area contributed by atoms with E-state index in [2.05, 4.69) is 45.1 Å². The molecule has 1 heterocycles. The van der Waals surface area contributed by atoms with Gasteiger partial charge in [0, 0.05) is 42.3 Å². The van der Waals surface area contributed by atoms with Crippen molar-refractivity contribution >= 4 is 32.9 Å². The lowest BCUT2D eigenvalue weighted by Crippen LogP contribution is -2.32. The van der Waals surface area contributed by atoms with Crippen LogP contribution in [0.3, 0.4) is 0 Å². The molecule has 5 rings (SSSR count). The summed E-state index contributed by atoms with van der Waals surface area (Å²) in [6.07, 6.45) is 6.43. The maximum atomic E-state index is 12.7. The average molecular weight is 575 g/mol. The minimum Gasteiger partial charge on any atom is -0.378 e. The Hall–Kier alpha value is -3.80. The standard InChI is InChI=1S/C31H34N4O5S/c1-21(36)34-41(39,40)26-6-4-5-23(18-26)20-35(16-15-25-19-32-29-8-3-2-7-27(25)29)30-13-11-24-17-22(9-12-28(24)30)10-14-31(37)33-38/h2-10,12,14,17-19,21,30,32,34,36,38H,11,13,15-16,20H2,1H3,(H,33,37)/b14-10+. The first-order chi connectivity index (χ1) is 19.7. The molecule has 41 heavy (non-hydrogen) atoms. The number of aryl methyl sites for hydroxylation is 1. The minimum absolute atomic E-state index is 0.114. The Kier molecular flexibility index (Phi) is 8.67. The third-order valence-electron chi connectivity index (χ3n) is 7.45. The van der Waals surface area contributed by atoms with Crippen LogP contribution < -0.4 is 10.2 Å². The second kappa shape index (κ2) is 12.4. The molecule has 1 aromatic heterocycles. The number of hydrogen-bond acceptors (Lipinski definition) is 6. The van der Waals surface area contributed by atoms with Crippen LogP contribution in [0.4, 0.5) is 0 Å². The van der Waals surface area contributed by atoms with E-state index in [1.54, 1.807) is 23.7 Å². The van der Waals surface area contributed by atoms with Crippen molar-refractivity contribution in [1.29, 1.82) is 0 Å². The number of H-pyrrole nitrogens is 1. The molecule has 2 unspecified atom stereocenters. The summed E-state index contributed by atoms with van der Waals surface area (Å²) in [7, 11) is -3.85. The molecule has 0 saturated heterocycles. The molecular weight excluding hydrogens is 540 g/mol. The molecule has 214 valence electrons. The van der Waals surface area contributed by atoms with E-state index in [9.17, 15) is 18.3 Å². The Bertz CT molecular complexity index is 1680. The second-order valence-corrected chi connectivity index (χ2v) is 12.1. The van der Waals surface area contributed by atoms with Crippen LogP contribution in [-0.4, -0.2) is 47.3 Å². The lowest BCUT2D eigenvalue weighted by molar-refractivity contribution is -0.124. The number of nitrogens with zero attached hydrogens (tertiary/aromatic N) is 1. The highest BCUT2D eigenvalue weighted by Crippen LogP contribution is 2.37. The predicted molar refractivity (Wildman–Crippen MR) is 157 cm³/mol. The second-order valence-electron chi connectivity index (χ2n) is 10.3. The Morgan fingerprint density at radius 2 is 1.98 bits per heavy atom. The van der Waals surface area contributed by atoms with Gasteiger partial charge >= 0.3 is 0 Å². The van der Waals surface area contributed by atoms with Gasteiger partial charge in [0.15, 0.2) is 0 Å². The van der Waals surface area contributed by atoms with Gasteiger partial charge in [-0.1, -0.05) is 48.5 Å². The Morgan fingerprint density at radius 3 is 2.78 bits per heavy atom. The van der Waals surface area contributed by atoms with Crippen LogP contribution in [0.2, 0.25) is 0 Å². The van der Waals surface area contributed by atoms with Gasteiger partial charge in [0.05, 0.1) is 4.90 Å². The van der Waals surface area contributed by atoms with Crippen molar-refractivity contribution in [3.8, 4) is 0 Å². The highest BCUT2D eigenvalue weighted by molar-refractivity contribution is 7.89. The summed E-state index contributed by atoms with van der Waals surface area (Å²) in [4.78, 5) is 17.3. The molecule has 0 aliphatic heterocycles. The van der Waals surface area contributed by atoms with Crippen LogP contribution in [0.25, 0.3) is 17.0 Å². The van der Waals surface area contributed by atoms with E-state index in [-0.39, 0.29) is 10.9 Å². The molecule has 1 aliphatic rings. The van der Waals surface area contributed by atoms with Gasteiger partial charge in [-0.2, -0.15) is 4.72 Å². The van der Waals surface area contributed by atoms with Crippen molar-refractivity contribution in [3.63, 3.8) is 0 Å². The number of hydrogen-bond donors (Lipinski definition) is 5. The largest absolute Gasteiger partial charge is 0.378 e. The number of aromatic amines is 1. The number of sulfonamides is 1. The number of nitrogens with one attached hydrogen (secondary N) is 3. The molecule has 2 atom stereocenters. The number of carbonyl (C=O) groups is 1. The number of para-hydroxylation sites is 1. The zero-order valence-electron chi connectivity index (χ0n) is 22.7. The maximum absolute atomic E-state index is 12.7. The topological polar surface area (TPSA) is 135 Å². The molecule has 0 fully saturated rings. The molecular formula is C31H34N4O5S. The fourth-order valence-electron chi connectivity index (χ4n) is 5.59. The fraction of sp³-hybridized carbons (Fsp3) is 0.258. The third kappa shape index (κ3) is 6.75. The van der Waals surface area contributed by atoms with E-state index in [1.807, 2.05) is 24.3 Å². The quantitative estimate of drug-likeness (QED) is 0.0795. The minimum atomic E-state index is -3.85. The lowest BCUT2D eigenvalue weighted by atomic mass is 10.0. The summed E-state index contributed by atoms with van der Waals surface area (Å²) in [5.74, 6) is -0.584. The van der Waals surface area contributed by atoms with E-state index >= 15 is 0 Å². The monoisotopic (exact) mass is 574 g/mol. The summed E-state index contributed by atoms with van der Waals surface area (Å²) >= 11 is 0. The van der Waals surface area contributed by atoms with E-state index in [4.69, 9.17) is 5.21 Å².